The first-order valence-corrected chi connectivity index (χ1v) is 8.69. The Kier molecular flexibility index (Phi) is 5.97. The van der Waals surface area contributed by atoms with Crippen molar-refractivity contribution in [3.63, 3.8) is 0 Å². The minimum Gasteiger partial charge on any atom is -0.345 e. The lowest BCUT2D eigenvalue weighted by molar-refractivity contribution is -0.136. The molecule has 1 aliphatic carbocycles. The maximum absolute atomic E-state index is 12.8. The zero-order valence-corrected chi connectivity index (χ0v) is 14.7. The molecule has 132 valence electrons. The van der Waals surface area contributed by atoms with Gasteiger partial charge in [0.25, 0.3) is 0 Å². The van der Waals surface area contributed by atoms with Gasteiger partial charge in [0.15, 0.2) is 0 Å². The van der Waals surface area contributed by atoms with Crippen LogP contribution in [-0.2, 0) is 9.59 Å². The molecule has 0 saturated heterocycles. The largest absolute Gasteiger partial charge is 0.345 e. The summed E-state index contributed by atoms with van der Waals surface area (Å²) in [6, 6.07) is 5.39. The predicted octanol–water partition coefficient (Wildman–Crippen LogP) is 3.88. The Bertz CT molecular complexity index is 576. The summed E-state index contributed by atoms with van der Waals surface area (Å²) in [6.45, 7) is 6.81. The summed E-state index contributed by atoms with van der Waals surface area (Å²) in [4.78, 5) is 23.9. The molecule has 0 atom stereocenters. The van der Waals surface area contributed by atoms with Crippen LogP contribution in [0.4, 0.5) is 10.1 Å². The lowest BCUT2D eigenvalue weighted by Crippen LogP contribution is -2.44. The molecule has 2 rings (SSSR count). The van der Waals surface area contributed by atoms with E-state index < -0.39 is 11.8 Å². The maximum atomic E-state index is 12.8. The van der Waals surface area contributed by atoms with Crippen LogP contribution in [0, 0.1) is 17.2 Å². The maximum Gasteiger partial charge on any atom is 0.313 e. The molecule has 2 N–H and O–H groups in total. The normalized spacial score (nSPS) is 21.2. The highest BCUT2D eigenvalue weighted by Gasteiger charge is 2.32. The molecule has 0 aliphatic heterocycles. The van der Waals surface area contributed by atoms with E-state index in [1.165, 1.54) is 24.3 Å². The molecule has 1 aromatic carbocycles. The summed E-state index contributed by atoms with van der Waals surface area (Å²) in [6.07, 6.45) is 5.11. The predicted molar refractivity (Wildman–Crippen MR) is 93.0 cm³/mol. The van der Waals surface area contributed by atoms with Gasteiger partial charge in [0.1, 0.15) is 5.82 Å². The van der Waals surface area contributed by atoms with Gasteiger partial charge in [-0.1, -0.05) is 27.2 Å². The lowest BCUT2D eigenvalue weighted by atomic mass is 9.69. The second-order valence-electron chi connectivity index (χ2n) is 7.33. The van der Waals surface area contributed by atoms with E-state index >= 15 is 0 Å². The van der Waals surface area contributed by atoms with Gasteiger partial charge in [-0.25, -0.2) is 4.39 Å². The Morgan fingerprint density at radius 1 is 1.08 bits per heavy atom. The molecule has 1 fully saturated rings. The van der Waals surface area contributed by atoms with Crippen molar-refractivity contribution in [2.75, 3.05) is 5.32 Å². The van der Waals surface area contributed by atoms with Gasteiger partial charge in [-0.2, -0.15) is 0 Å². The van der Waals surface area contributed by atoms with E-state index in [0.717, 1.165) is 32.1 Å². The van der Waals surface area contributed by atoms with Gasteiger partial charge >= 0.3 is 11.8 Å². The van der Waals surface area contributed by atoms with Crippen molar-refractivity contribution >= 4 is 17.5 Å². The van der Waals surface area contributed by atoms with E-state index in [-0.39, 0.29) is 11.9 Å². The molecule has 2 amide bonds. The van der Waals surface area contributed by atoms with Crippen LogP contribution in [0.3, 0.4) is 0 Å². The minimum atomic E-state index is -0.711. The third kappa shape index (κ3) is 4.79. The third-order valence-corrected chi connectivity index (χ3v) is 5.39. The van der Waals surface area contributed by atoms with Crippen molar-refractivity contribution in [1.82, 2.24) is 5.32 Å². The van der Waals surface area contributed by atoms with E-state index in [1.54, 1.807) is 0 Å². The molecular weight excluding hydrogens is 307 g/mol. The van der Waals surface area contributed by atoms with Crippen LogP contribution in [0.25, 0.3) is 0 Å². The zero-order valence-electron chi connectivity index (χ0n) is 14.7. The summed E-state index contributed by atoms with van der Waals surface area (Å²) in [5.74, 6) is -1.05. The Balaban J connectivity index is 1.80. The van der Waals surface area contributed by atoms with E-state index in [2.05, 4.69) is 31.4 Å². The molecule has 0 aromatic heterocycles. The Labute approximate surface area is 143 Å². The summed E-state index contributed by atoms with van der Waals surface area (Å²) >= 11 is 0. The van der Waals surface area contributed by atoms with Gasteiger partial charge in [0, 0.05) is 11.7 Å². The summed E-state index contributed by atoms with van der Waals surface area (Å²) < 4.78 is 12.8. The van der Waals surface area contributed by atoms with E-state index in [1.807, 2.05) is 0 Å². The van der Waals surface area contributed by atoms with Crippen molar-refractivity contribution in [1.29, 1.82) is 0 Å². The third-order valence-electron chi connectivity index (χ3n) is 5.39. The van der Waals surface area contributed by atoms with Crippen LogP contribution in [-0.4, -0.2) is 17.9 Å². The number of hydrogen-bond acceptors (Lipinski definition) is 2. The van der Waals surface area contributed by atoms with Crippen molar-refractivity contribution in [3.05, 3.63) is 30.1 Å². The zero-order chi connectivity index (χ0) is 17.7. The van der Waals surface area contributed by atoms with Gasteiger partial charge in [-0.05, 0) is 61.3 Å². The molecule has 4 nitrogen and oxygen atoms in total. The average Bonchev–Trinajstić information content (AvgIpc) is 2.57. The standard InChI is InChI=1S/C19H27FN2O2/c1-4-19(2,3)13-5-9-15(10-6-13)21-17(23)18(24)22-16-11-7-14(20)8-12-16/h7-8,11-13,15H,4-6,9-10H2,1-3H3,(H,21,23)(H,22,24). The summed E-state index contributed by atoms with van der Waals surface area (Å²) in [5, 5.41) is 5.30. The molecule has 0 radical (unpaired) electrons. The van der Waals surface area contributed by atoms with Gasteiger partial charge in [-0.15, -0.1) is 0 Å². The molecule has 24 heavy (non-hydrogen) atoms. The molecule has 0 spiro atoms. The molecular formula is C19H27FN2O2. The van der Waals surface area contributed by atoms with Crippen molar-refractivity contribution in [2.45, 2.75) is 58.9 Å². The first-order chi connectivity index (χ1) is 11.3. The van der Waals surface area contributed by atoms with Crippen LogP contribution < -0.4 is 10.6 Å². The SMILES string of the molecule is CCC(C)(C)C1CCC(NC(=O)C(=O)Nc2ccc(F)cc2)CC1. The number of halogens is 1. The number of amides is 2. The van der Waals surface area contributed by atoms with E-state index in [4.69, 9.17) is 0 Å². The monoisotopic (exact) mass is 334 g/mol. The number of hydrogen-bond donors (Lipinski definition) is 2. The number of carbonyl (C=O) groups excluding carboxylic acids is 2. The highest BCUT2D eigenvalue weighted by molar-refractivity contribution is 6.39. The van der Waals surface area contributed by atoms with Gasteiger partial charge in [0.2, 0.25) is 0 Å². The fraction of sp³-hybridized carbons (Fsp3) is 0.579. The first kappa shape index (κ1) is 18.4. The lowest BCUT2D eigenvalue weighted by Gasteiger charge is -2.39. The van der Waals surface area contributed by atoms with Gasteiger partial charge < -0.3 is 10.6 Å². The summed E-state index contributed by atoms with van der Waals surface area (Å²) in [7, 11) is 0. The van der Waals surface area contributed by atoms with Crippen molar-refractivity contribution in [3.8, 4) is 0 Å². The molecule has 1 aliphatic rings. The second-order valence-corrected chi connectivity index (χ2v) is 7.33. The topological polar surface area (TPSA) is 58.2 Å². The highest BCUT2D eigenvalue weighted by Crippen LogP contribution is 2.40. The number of carbonyl (C=O) groups is 2. The van der Waals surface area contributed by atoms with Gasteiger partial charge in [-0.3, -0.25) is 9.59 Å². The van der Waals surface area contributed by atoms with Crippen LogP contribution in [0.15, 0.2) is 24.3 Å². The molecule has 1 aromatic rings. The quantitative estimate of drug-likeness (QED) is 0.821. The Hall–Kier alpha value is -1.91. The number of benzene rings is 1. The molecule has 0 bridgehead atoms. The van der Waals surface area contributed by atoms with Crippen LogP contribution in [0.5, 0.6) is 0 Å². The number of rotatable bonds is 4. The smallest absolute Gasteiger partial charge is 0.313 e. The Morgan fingerprint density at radius 2 is 1.67 bits per heavy atom. The molecule has 1 saturated carbocycles. The minimum absolute atomic E-state index is 0.0559. The van der Waals surface area contributed by atoms with Crippen molar-refractivity contribution < 1.29 is 14.0 Å². The fourth-order valence-corrected chi connectivity index (χ4v) is 3.28. The van der Waals surface area contributed by atoms with E-state index in [9.17, 15) is 14.0 Å². The fourth-order valence-electron chi connectivity index (χ4n) is 3.28. The summed E-state index contributed by atoms with van der Waals surface area (Å²) in [5.41, 5.74) is 0.736. The molecule has 0 heterocycles. The van der Waals surface area contributed by atoms with Crippen LogP contribution in [0.1, 0.15) is 52.9 Å². The van der Waals surface area contributed by atoms with Crippen molar-refractivity contribution in [2.24, 2.45) is 11.3 Å². The molecule has 5 heteroatoms. The van der Waals surface area contributed by atoms with Crippen LogP contribution in [0.2, 0.25) is 0 Å². The molecule has 0 unspecified atom stereocenters. The van der Waals surface area contributed by atoms with Crippen LogP contribution >= 0.6 is 0 Å². The first-order valence-electron chi connectivity index (χ1n) is 8.69. The average molecular weight is 334 g/mol. The number of nitrogens with one attached hydrogen (secondary N) is 2. The van der Waals surface area contributed by atoms with E-state index in [0.29, 0.717) is 17.0 Å². The second kappa shape index (κ2) is 7.77. The van der Waals surface area contributed by atoms with Gasteiger partial charge in [0.05, 0.1) is 0 Å². The Morgan fingerprint density at radius 3 is 2.21 bits per heavy atom. The highest BCUT2D eigenvalue weighted by atomic mass is 19.1. The number of anilines is 1.